The number of aromatic nitrogens is 6. The molecule has 0 amide bonds. The summed E-state index contributed by atoms with van der Waals surface area (Å²) in [6, 6.07) is 0. The third kappa shape index (κ3) is 3.32. The maximum Gasteiger partial charge on any atom is 0.338 e. The van der Waals surface area contributed by atoms with Crippen LogP contribution in [0.5, 0.6) is 5.88 Å². The molecule has 0 saturated heterocycles. The molecule has 0 atom stereocenters. The second kappa shape index (κ2) is 6.25. The molecular weight excluding hydrogens is 362 g/mol. The van der Waals surface area contributed by atoms with Gasteiger partial charge in [0.2, 0.25) is 11.8 Å². The standard InChI is InChI=1S/C16H16F2N6O3/c17-16(18)3-1-9(2-4-16)7-23-12-11(6-20-23)21-15(22-13(12)25)24-8-10(5-19-24)14(26)27/h5-6,8-9H,1-4,7H2,(H,26,27)(H,21,22,25). The normalized spacial score (nSPS) is 17.4. The summed E-state index contributed by atoms with van der Waals surface area (Å²) < 4.78 is 29.3. The Morgan fingerprint density at radius 3 is 2.63 bits per heavy atom. The second-order valence-electron chi connectivity index (χ2n) is 6.69. The van der Waals surface area contributed by atoms with Crippen molar-refractivity contribution in [2.24, 2.45) is 5.92 Å². The third-order valence-corrected chi connectivity index (χ3v) is 4.76. The van der Waals surface area contributed by atoms with Gasteiger partial charge in [-0.05, 0) is 18.8 Å². The van der Waals surface area contributed by atoms with Crippen LogP contribution in [0.2, 0.25) is 0 Å². The molecule has 0 aliphatic heterocycles. The molecule has 0 radical (unpaired) electrons. The van der Waals surface area contributed by atoms with E-state index in [2.05, 4.69) is 20.2 Å². The zero-order chi connectivity index (χ0) is 19.2. The Labute approximate surface area is 151 Å². The number of carboxylic acid groups (broad SMARTS) is 1. The van der Waals surface area contributed by atoms with E-state index in [9.17, 15) is 18.7 Å². The molecule has 3 aromatic rings. The number of rotatable bonds is 4. The van der Waals surface area contributed by atoms with Gasteiger partial charge in [0.15, 0.2) is 0 Å². The van der Waals surface area contributed by atoms with E-state index in [-0.39, 0.29) is 36.2 Å². The fourth-order valence-corrected chi connectivity index (χ4v) is 3.28. The highest BCUT2D eigenvalue weighted by Crippen LogP contribution is 2.37. The summed E-state index contributed by atoms with van der Waals surface area (Å²) in [5.74, 6) is -4.03. The predicted molar refractivity (Wildman–Crippen MR) is 88.0 cm³/mol. The van der Waals surface area contributed by atoms with Gasteiger partial charge in [0.25, 0.3) is 5.95 Å². The molecule has 142 valence electrons. The van der Waals surface area contributed by atoms with Crippen molar-refractivity contribution in [1.82, 2.24) is 29.5 Å². The van der Waals surface area contributed by atoms with Gasteiger partial charge in [-0.25, -0.2) is 23.2 Å². The highest BCUT2D eigenvalue weighted by molar-refractivity contribution is 5.87. The van der Waals surface area contributed by atoms with Gasteiger partial charge in [-0.1, -0.05) is 0 Å². The van der Waals surface area contributed by atoms with Crippen LogP contribution in [0.1, 0.15) is 36.0 Å². The SMILES string of the molecule is O=C(O)c1cnn(-c2nc(O)c3c(cnn3CC3CCC(F)(F)CC3)n2)c1. The van der Waals surface area contributed by atoms with Gasteiger partial charge in [-0.2, -0.15) is 15.2 Å². The van der Waals surface area contributed by atoms with E-state index in [1.54, 1.807) is 0 Å². The Kier molecular flexibility index (Phi) is 4.01. The minimum atomic E-state index is -2.60. The fraction of sp³-hybridized carbons (Fsp3) is 0.438. The Balaban J connectivity index is 1.61. The molecule has 1 aliphatic carbocycles. The molecule has 11 heteroatoms. The van der Waals surface area contributed by atoms with Gasteiger partial charge >= 0.3 is 5.97 Å². The summed E-state index contributed by atoms with van der Waals surface area (Å²) in [5, 5.41) is 27.4. The number of nitrogens with zero attached hydrogens (tertiary/aromatic N) is 6. The average molecular weight is 378 g/mol. The number of carbonyl (C=O) groups is 1. The topological polar surface area (TPSA) is 119 Å². The van der Waals surface area contributed by atoms with Crippen molar-refractivity contribution < 1.29 is 23.8 Å². The van der Waals surface area contributed by atoms with Gasteiger partial charge < -0.3 is 10.2 Å². The van der Waals surface area contributed by atoms with Crippen LogP contribution in [0.15, 0.2) is 18.6 Å². The first-order valence-corrected chi connectivity index (χ1v) is 8.41. The van der Waals surface area contributed by atoms with Crippen LogP contribution in [0.25, 0.3) is 17.0 Å². The molecule has 0 aromatic carbocycles. The highest BCUT2D eigenvalue weighted by atomic mass is 19.3. The minimum Gasteiger partial charge on any atom is -0.492 e. The van der Waals surface area contributed by atoms with Crippen molar-refractivity contribution in [3.63, 3.8) is 0 Å². The van der Waals surface area contributed by atoms with E-state index in [0.29, 0.717) is 30.4 Å². The van der Waals surface area contributed by atoms with Crippen LogP contribution in [-0.4, -0.2) is 51.6 Å². The van der Waals surface area contributed by atoms with Crippen molar-refractivity contribution in [1.29, 1.82) is 0 Å². The first kappa shape index (κ1) is 17.3. The minimum absolute atomic E-state index is 0.00404. The molecule has 2 N–H and O–H groups in total. The first-order chi connectivity index (χ1) is 12.8. The van der Waals surface area contributed by atoms with E-state index in [4.69, 9.17) is 5.11 Å². The summed E-state index contributed by atoms with van der Waals surface area (Å²) in [5.41, 5.74) is 0.621. The summed E-state index contributed by atoms with van der Waals surface area (Å²) >= 11 is 0. The Morgan fingerprint density at radius 1 is 1.22 bits per heavy atom. The number of hydrogen-bond acceptors (Lipinski definition) is 6. The van der Waals surface area contributed by atoms with Crippen LogP contribution < -0.4 is 0 Å². The van der Waals surface area contributed by atoms with Crippen LogP contribution in [-0.2, 0) is 6.54 Å². The largest absolute Gasteiger partial charge is 0.492 e. The lowest BCUT2D eigenvalue weighted by Gasteiger charge is -2.28. The zero-order valence-electron chi connectivity index (χ0n) is 14.1. The lowest BCUT2D eigenvalue weighted by Crippen LogP contribution is -2.27. The highest BCUT2D eigenvalue weighted by Gasteiger charge is 2.35. The zero-order valence-corrected chi connectivity index (χ0v) is 14.1. The lowest BCUT2D eigenvalue weighted by atomic mass is 9.87. The molecular formula is C16H16F2N6O3. The van der Waals surface area contributed by atoms with Crippen molar-refractivity contribution >= 4 is 17.0 Å². The van der Waals surface area contributed by atoms with Crippen LogP contribution in [0, 0.1) is 5.92 Å². The predicted octanol–water partition coefficient (Wildman–Crippen LogP) is 2.24. The van der Waals surface area contributed by atoms with Gasteiger partial charge in [-0.15, -0.1) is 0 Å². The number of hydrogen-bond donors (Lipinski definition) is 2. The van der Waals surface area contributed by atoms with Gasteiger partial charge in [0.1, 0.15) is 11.0 Å². The average Bonchev–Trinajstić information content (AvgIpc) is 3.24. The summed E-state index contributed by atoms with van der Waals surface area (Å²) in [6.07, 6.45) is 4.31. The molecule has 4 rings (SSSR count). The number of carboxylic acids is 1. The summed E-state index contributed by atoms with van der Waals surface area (Å²) in [7, 11) is 0. The number of fused-ring (bicyclic) bond motifs is 1. The van der Waals surface area contributed by atoms with Crippen LogP contribution in [0.3, 0.4) is 0 Å². The van der Waals surface area contributed by atoms with Gasteiger partial charge in [-0.3, -0.25) is 4.68 Å². The second-order valence-corrected chi connectivity index (χ2v) is 6.69. The van der Waals surface area contributed by atoms with Crippen molar-refractivity contribution in [2.45, 2.75) is 38.2 Å². The molecule has 0 unspecified atom stereocenters. The molecule has 3 aromatic heterocycles. The molecule has 27 heavy (non-hydrogen) atoms. The third-order valence-electron chi connectivity index (χ3n) is 4.76. The summed E-state index contributed by atoms with van der Waals surface area (Å²) in [6.45, 7) is 0.390. The van der Waals surface area contributed by atoms with E-state index in [1.165, 1.54) is 17.1 Å². The van der Waals surface area contributed by atoms with Gasteiger partial charge in [0, 0.05) is 25.6 Å². The molecule has 1 saturated carbocycles. The van der Waals surface area contributed by atoms with E-state index < -0.39 is 11.9 Å². The quantitative estimate of drug-likeness (QED) is 0.714. The smallest absolute Gasteiger partial charge is 0.338 e. The van der Waals surface area contributed by atoms with E-state index in [1.807, 2.05) is 0 Å². The number of alkyl halides is 2. The van der Waals surface area contributed by atoms with E-state index >= 15 is 0 Å². The molecule has 9 nitrogen and oxygen atoms in total. The Morgan fingerprint density at radius 2 is 1.96 bits per heavy atom. The lowest BCUT2D eigenvalue weighted by molar-refractivity contribution is -0.0475. The molecule has 0 spiro atoms. The molecule has 3 heterocycles. The monoisotopic (exact) mass is 378 g/mol. The van der Waals surface area contributed by atoms with E-state index in [0.717, 1.165) is 10.9 Å². The Hall–Kier alpha value is -3.11. The maximum atomic E-state index is 13.3. The number of aromatic carboxylic acids is 1. The number of aromatic hydroxyl groups is 1. The fourth-order valence-electron chi connectivity index (χ4n) is 3.28. The first-order valence-electron chi connectivity index (χ1n) is 8.41. The molecule has 1 aliphatic rings. The Bertz CT molecular complexity index is 1000. The molecule has 1 fully saturated rings. The summed E-state index contributed by atoms with van der Waals surface area (Å²) in [4.78, 5) is 19.2. The maximum absolute atomic E-state index is 13.3. The van der Waals surface area contributed by atoms with Crippen molar-refractivity contribution in [2.75, 3.05) is 0 Å². The number of halogens is 2. The van der Waals surface area contributed by atoms with Crippen LogP contribution >= 0.6 is 0 Å². The van der Waals surface area contributed by atoms with Crippen LogP contribution in [0.4, 0.5) is 8.78 Å². The van der Waals surface area contributed by atoms with Gasteiger partial charge in [0.05, 0.1) is 18.0 Å². The molecule has 0 bridgehead atoms. The van der Waals surface area contributed by atoms with Crippen molar-refractivity contribution in [3.8, 4) is 11.8 Å². The van der Waals surface area contributed by atoms with Crippen molar-refractivity contribution in [3.05, 3.63) is 24.2 Å².